The average Bonchev–Trinajstić information content (AvgIpc) is 3.33. The summed E-state index contributed by atoms with van der Waals surface area (Å²) in [4.78, 5) is 0. The molecule has 0 spiro atoms. The molecule has 2 heteroatoms. The summed E-state index contributed by atoms with van der Waals surface area (Å²) in [5.41, 5.74) is 9.96. The summed E-state index contributed by atoms with van der Waals surface area (Å²) in [5, 5.41) is 10.8. The Kier molecular flexibility index (Phi) is 3.84. The van der Waals surface area contributed by atoms with Gasteiger partial charge >= 0.3 is 0 Å². The number of fused-ring (bicyclic) bond motifs is 2. The van der Waals surface area contributed by atoms with Crippen molar-refractivity contribution in [2.45, 2.75) is 33.1 Å². The molecule has 3 aromatic carbocycles. The number of aryl methyl sites for hydroxylation is 2. The predicted molar refractivity (Wildman–Crippen MR) is 113 cm³/mol. The Morgan fingerprint density at radius 3 is 2.50 bits per heavy atom. The van der Waals surface area contributed by atoms with Crippen LogP contribution in [0.15, 0.2) is 59.0 Å². The van der Waals surface area contributed by atoms with Gasteiger partial charge in [0.2, 0.25) is 0 Å². The molecule has 5 rings (SSSR count). The molecule has 0 radical (unpaired) electrons. The third-order valence-corrected chi connectivity index (χ3v) is 6.03. The Balaban J connectivity index is 1.71. The fraction of sp³-hybridized carbons (Fsp3) is 0.192. The molecule has 0 saturated carbocycles. The molecular formula is C26H21NO. The van der Waals surface area contributed by atoms with Crippen molar-refractivity contribution < 1.29 is 4.42 Å². The number of benzene rings is 3. The van der Waals surface area contributed by atoms with E-state index in [1.54, 1.807) is 0 Å². The molecule has 0 atom stereocenters. The summed E-state index contributed by atoms with van der Waals surface area (Å²) in [6.45, 7) is 4.29. The Labute approximate surface area is 165 Å². The SMILES string of the molecule is Cc1ccccc1-c1cccc(-c2cc3cc4c(c(C#N)c3o2)CCC4)c1C. The number of furan rings is 1. The molecule has 136 valence electrons. The number of nitrogens with zero attached hydrogens (tertiary/aromatic N) is 1. The molecule has 4 aromatic rings. The van der Waals surface area contributed by atoms with E-state index in [0.717, 1.165) is 47.1 Å². The van der Waals surface area contributed by atoms with Crippen molar-refractivity contribution in [2.24, 2.45) is 0 Å². The normalized spacial score (nSPS) is 12.9. The van der Waals surface area contributed by atoms with Crippen LogP contribution in [0.5, 0.6) is 0 Å². The summed E-state index contributed by atoms with van der Waals surface area (Å²) in [6.07, 6.45) is 3.16. The van der Waals surface area contributed by atoms with Crippen LogP contribution in [0.2, 0.25) is 0 Å². The molecule has 0 saturated heterocycles. The molecule has 0 unspecified atom stereocenters. The van der Waals surface area contributed by atoms with E-state index in [4.69, 9.17) is 4.42 Å². The molecule has 1 aliphatic rings. The number of hydrogen-bond acceptors (Lipinski definition) is 2. The van der Waals surface area contributed by atoms with Gasteiger partial charge in [0.05, 0.1) is 5.56 Å². The molecule has 0 fully saturated rings. The minimum atomic E-state index is 0.726. The first-order valence-corrected chi connectivity index (χ1v) is 9.82. The second kappa shape index (κ2) is 6.39. The molecule has 0 amide bonds. The van der Waals surface area contributed by atoms with Crippen LogP contribution in [0, 0.1) is 25.2 Å². The van der Waals surface area contributed by atoms with Crippen LogP contribution in [0.3, 0.4) is 0 Å². The Morgan fingerprint density at radius 1 is 0.893 bits per heavy atom. The van der Waals surface area contributed by atoms with E-state index in [0.29, 0.717) is 0 Å². The minimum Gasteiger partial charge on any atom is -0.455 e. The average molecular weight is 363 g/mol. The summed E-state index contributed by atoms with van der Waals surface area (Å²) in [6, 6.07) is 21.5. The Hall–Kier alpha value is -3.31. The molecule has 0 aliphatic heterocycles. The maximum Gasteiger partial charge on any atom is 0.152 e. The van der Waals surface area contributed by atoms with Crippen molar-refractivity contribution in [3.05, 3.63) is 82.4 Å². The van der Waals surface area contributed by atoms with E-state index in [-0.39, 0.29) is 0 Å². The first kappa shape index (κ1) is 16.8. The van der Waals surface area contributed by atoms with Gasteiger partial charge in [-0.1, -0.05) is 42.5 Å². The van der Waals surface area contributed by atoms with Gasteiger partial charge in [-0.05, 0) is 78.6 Å². The third kappa shape index (κ3) is 2.47. The lowest BCUT2D eigenvalue weighted by Gasteiger charge is -2.12. The highest BCUT2D eigenvalue weighted by Crippen LogP contribution is 2.39. The van der Waals surface area contributed by atoms with Crippen molar-refractivity contribution in [1.82, 2.24) is 0 Å². The Morgan fingerprint density at radius 2 is 1.68 bits per heavy atom. The van der Waals surface area contributed by atoms with Crippen molar-refractivity contribution in [1.29, 1.82) is 5.26 Å². The number of rotatable bonds is 2. The van der Waals surface area contributed by atoms with Gasteiger partial charge in [0.15, 0.2) is 5.58 Å². The van der Waals surface area contributed by atoms with Crippen LogP contribution in [0.4, 0.5) is 0 Å². The summed E-state index contributed by atoms with van der Waals surface area (Å²) in [5.74, 6) is 0.836. The van der Waals surface area contributed by atoms with E-state index in [1.165, 1.54) is 33.4 Å². The van der Waals surface area contributed by atoms with Gasteiger partial charge in [0.25, 0.3) is 0 Å². The summed E-state index contributed by atoms with van der Waals surface area (Å²) in [7, 11) is 0. The van der Waals surface area contributed by atoms with Crippen molar-refractivity contribution in [3.63, 3.8) is 0 Å². The van der Waals surface area contributed by atoms with Crippen LogP contribution in [-0.2, 0) is 12.8 Å². The molecule has 0 N–H and O–H groups in total. The zero-order valence-electron chi connectivity index (χ0n) is 16.2. The van der Waals surface area contributed by atoms with E-state index >= 15 is 0 Å². The van der Waals surface area contributed by atoms with Gasteiger partial charge in [-0.3, -0.25) is 0 Å². The fourth-order valence-electron chi connectivity index (χ4n) is 4.56. The van der Waals surface area contributed by atoms with Crippen LogP contribution < -0.4 is 0 Å². The minimum absolute atomic E-state index is 0.726. The maximum atomic E-state index is 9.75. The number of hydrogen-bond donors (Lipinski definition) is 0. The fourth-order valence-corrected chi connectivity index (χ4v) is 4.56. The second-order valence-electron chi connectivity index (χ2n) is 7.68. The van der Waals surface area contributed by atoms with Gasteiger partial charge in [-0.2, -0.15) is 5.26 Å². The topological polar surface area (TPSA) is 36.9 Å². The summed E-state index contributed by atoms with van der Waals surface area (Å²) >= 11 is 0. The first-order valence-electron chi connectivity index (χ1n) is 9.82. The monoisotopic (exact) mass is 363 g/mol. The van der Waals surface area contributed by atoms with Gasteiger partial charge in [0.1, 0.15) is 11.8 Å². The Bertz CT molecular complexity index is 1270. The van der Waals surface area contributed by atoms with Crippen LogP contribution in [0.1, 0.15) is 34.2 Å². The second-order valence-corrected chi connectivity index (χ2v) is 7.68. The molecule has 1 aromatic heterocycles. The van der Waals surface area contributed by atoms with Gasteiger partial charge in [-0.15, -0.1) is 0 Å². The van der Waals surface area contributed by atoms with Crippen molar-refractivity contribution in [2.75, 3.05) is 0 Å². The van der Waals surface area contributed by atoms with Crippen LogP contribution >= 0.6 is 0 Å². The van der Waals surface area contributed by atoms with Gasteiger partial charge < -0.3 is 4.42 Å². The van der Waals surface area contributed by atoms with Gasteiger partial charge in [0, 0.05) is 10.9 Å². The van der Waals surface area contributed by atoms with E-state index in [2.05, 4.69) is 74.5 Å². The van der Waals surface area contributed by atoms with E-state index in [1.807, 2.05) is 0 Å². The molecular weight excluding hydrogens is 342 g/mol. The van der Waals surface area contributed by atoms with Crippen LogP contribution in [0.25, 0.3) is 33.4 Å². The van der Waals surface area contributed by atoms with E-state index in [9.17, 15) is 5.26 Å². The highest BCUT2D eigenvalue weighted by molar-refractivity contribution is 5.90. The largest absolute Gasteiger partial charge is 0.455 e. The zero-order valence-corrected chi connectivity index (χ0v) is 16.2. The lowest BCUT2D eigenvalue weighted by molar-refractivity contribution is 0.629. The maximum absolute atomic E-state index is 9.75. The summed E-state index contributed by atoms with van der Waals surface area (Å²) < 4.78 is 6.28. The quantitative estimate of drug-likeness (QED) is 0.395. The zero-order chi connectivity index (χ0) is 19.3. The molecule has 2 nitrogen and oxygen atoms in total. The molecule has 0 bridgehead atoms. The smallest absolute Gasteiger partial charge is 0.152 e. The van der Waals surface area contributed by atoms with Crippen LogP contribution in [-0.4, -0.2) is 0 Å². The number of nitriles is 1. The lowest BCUT2D eigenvalue weighted by Crippen LogP contribution is -1.89. The van der Waals surface area contributed by atoms with Gasteiger partial charge in [-0.25, -0.2) is 0 Å². The molecule has 1 aliphatic carbocycles. The molecule has 1 heterocycles. The third-order valence-electron chi connectivity index (χ3n) is 6.03. The standard InChI is InChI=1S/C26H21NO/c1-16-7-3-4-9-20(16)21-10-6-11-22(17(21)2)25-14-19-13-18-8-5-12-23(18)24(15-27)26(19)28-25/h3-4,6-7,9-11,13-14H,5,8,12H2,1-2H3. The highest BCUT2D eigenvalue weighted by Gasteiger charge is 2.21. The lowest BCUT2D eigenvalue weighted by atomic mass is 9.93. The predicted octanol–water partition coefficient (Wildman–Crippen LogP) is 6.74. The van der Waals surface area contributed by atoms with E-state index < -0.39 is 0 Å². The molecule has 28 heavy (non-hydrogen) atoms. The van der Waals surface area contributed by atoms with Crippen molar-refractivity contribution in [3.8, 4) is 28.5 Å². The van der Waals surface area contributed by atoms with Crippen molar-refractivity contribution >= 4 is 11.0 Å². The first-order chi connectivity index (χ1) is 13.7. The highest BCUT2D eigenvalue weighted by atomic mass is 16.3.